The summed E-state index contributed by atoms with van der Waals surface area (Å²) in [5.74, 6) is -1.24. The molecule has 1 atom stereocenters. The zero-order valence-corrected chi connectivity index (χ0v) is 24.7. The average molecular weight is 569 g/mol. The molecule has 0 unspecified atom stereocenters. The Morgan fingerprint density at radius 1 is 0.902 bits per heavy atom. The summed E-state index contributed by atoms with van der Waals surface area (Å²) in [7, 11) is 0. The fourth-order valence-corrected chi connectivity index (χ4v) is 4.09. The molecule has 2 aromatic heterocycles. The van der Waals surface area contributed by atoms with E-state index in [-0.39, 0.29) is 12.1 Å². The van der Waals surface area contributed by atoms with Gasteiger partial charge in [-0.15, -0.1) is 0 Å². The summed E-state index contributed by atoms with van der Waals surface area (Å²) in [5, 5.41) is 7.01. The number of para-hydroxylation sites is 1. The van der Waals surface area contributed by atoms with E-state index in [2.05, 4.69) is 31.5 Å². The van der Waals surface area contributed by atoms with Gasteiger partial charge in [0.25, 0.3) is 11.8 Å². The third kappa shape index (κ3) is 9.37. The van der Waals surface area contributed by atoms with Crippen molar-refractivity contribution < 1.29 is 28.7 Å². The highest BCUT2D eigenvalue weighted by Crippen LogP contribution is 2.27. The van der Waals surface area contributed by atoms with E-state index in [1.165, 1.54) is 0 Å². The number of aryl methyl sites for hydroxylation is 1. The van der Waals surface area contributed by atoms with Crippen LogP contribution in [0.15, 0.2) is 30.3 Å². The zero-order valence-electron chi connectivity index (χ0n) is 24.7. The standard InChI is InChI=1S/C29H40N6O6/c1-17-23-19(18-12-8-9-13-20(18)32-23)16-22(31-17)25(37)35-34-24(36)21(33-27(39)41-29(5,6)7)14-10-11-15-30-26(38)40-28(2,3)4/h8-9,12-13,16,21,32H,10-11,14-15H2,1-7H3,(H,30,38)(H,33,39)(H,34,36)(H,35,37)/t21-/m0/s1. The second kappa shape index (κ2) is 12.9. The van der Waals surface area contributed by atoms with Crippen molar-refractivity contribution in [3.8, 4) is 0 Å². The summed E-state index contributed by atoms with van der Waals surface area (Å²) in [6.07, 6.45) is -0.0567. The number of fused-ring (bicyclic) bond motifs is 3. The van der Waals surface area contributed by atoms with Crippen molar-refractivity contribution in [3.05, 3.63) is 41.7 Å². The van der Waals surface area contributed by atoms with Gasteiger partial charge in [-0.3, -0.25) is 20.4 Å². The quantitative estimate of drug-likeness (QED) is 0.199. The number of hydrogen-bond donors (Lipinski definition) is 5. The molecule has 0 radical (unpaired) electrons. The molecule has 0 aliphatic heterocycles. The Kier molecular flexibility index (Phi) is 9.79. The van der Waals surface area contributed by atoms with Crippen LogP contribution in [0, 0.1) is 6.92 Å². The monoisotopic (exact) mass is 568 g/mol. The average Bonchev–Trinajstić information content (AvgIpc) is 3.23. The molecule has 3 aromatic rings. The van der Waals surface area contributed by atoms with E-state index in [1.807, 2.05) is 24.3 Å². The summed E-state index contributed by atoms with van der Waals surface area (Å²) in [6.45, 7) is 12.6. The van der Waals surface area contributed by atoms with Crippen LogP contribution < -0.4 is 21.5 Å². The molecule has 0 spiro atoms. The van der Waals surface area contributed by atoms with E-state index in [0.29, 0.717) is 25.1 Å². The lowest BCUT2D eigenvalue weighted by Gasteiger charge is -2.23. The first-order valence-electron chi connectivity index (χ1n) is 13.6. The molecule has 5 N–H and O–H groups in total. The van der Waals surface area contributed by atoms with Crippen LogP contribution in [0.1, 0.15) is 77.0 Å². The highest BCUT2D eigenvalue weighted by molar-refractivity contribution is 6.10. The van der Waals surface area contributed by atoms with Crippen LogP contribution in [0.3, 0.4) is 0 Å². The maximum atomic E-state index is 13.0. The highest BCUT2D eigenvalue weighted by Gasteiger charge is 2.25. The fourth-order valence-electron chi connectivity index (χ4n) is 4.09. The number of ether oxygens (including phenoxy) is 2. The molecule has 0 saturated heterocycles. The van der Waals surface area contributed by atoms with Gasteiger partial charge in [0.1, 0.15) is 22.9 Å². The number of amides is 4. The largest absolute Gasteiger partial charge is 0.444 e. The van der Waals surface area contributed by atoms with Gasteiger partial charge in [0, 0.05) is 22.8 Å². The third-order valence-corrected chi connectivity index (χ3v) is 5.80. The number of hydrogen-bond acceptors (Lipinski definition) is 7. The van der Waals surface area contributed by atoms with Gasteiger partial charge in [0.05, 0.1) is 11.2 Å². The minimum absolute atomic E-state index is 0.130. The van der Waals surface area contributed by atoms with E-state index in [1.54, 1.807) is 54.5 Å². The van der Waals surface area contributed by atoms with E-state index < -0.39 is 41.2 Å². The predicted molar refractivity (Wildman–Crippen MR) is 155 cm³/mol. The molecule has 3 rings (SSSR count). The molecular weight excluding hydrogens is 528 g/mol. The number of aromatic amines is 1. The van der Waals surface area contributed by atoms with Gasteiger partial charge in [-0.2, -0.15) is 0 Å². The Morgan fingerprint density at radius 2 is 1.56 bits per heavy atom. The molecule has 2 heterocycles. The van der Waals surface area contributed by atoms with Crippen molar-refractivity contribution in [1.82, 2.24) is 31.5 Å². The Hall–Kier alpha value is -4.35. The highest BCUT2D eigenvalue weighted by atomic mass is 16.6. The summed E-state index contributed by atoms with van der Waals surface area (Å²) in [4.78, 5) is 57.9. The molecular formula is C29H40N6O6. The number of rotatable bonds is 8. The minimum atomic E-state index is -1.00. The first-order chi connectivity index (χ1) is 19.1. The number of benzene rings is 1. The summed E-state index contributed by atoms with van der Waals surface area (Å²) < 4.78 is 10.5. The molecule has 0 aliphatic carbocycles. The molecule has 12 heteroatoms. The predicted octanol–water partition coefficient (Wildman–Crippen LogP) is 4.37. The summed E-state index contributed by atoms with van der Waals surface area (Å²) in [6, 6.07) is 8.39. The number of alkyl carbamates (subject to hydrolysis) is 2. The molecule has 0 aliphatic rings. The number of aromatic nitrogens is 2. The van der Waals surface area contributed by atoms with Gasteiger partial charge in [-0.25, -0.2) is 14.6 Å². The van der Waals surface area contributed by atoms with Gasteiger partial charge in [-0.05, 0) is 79.9 Å². The van der Waals surface area contributed by atoms with Crippen molar-refractivity contribution in [2.45, 2.75) is 85.0 Å². The number of H-pyrrole nitrogens is 1. The van der Waals surface area contributed by atoms with E-state index in [0.717, 1.165) is 21.8 Å². The molecule has 12 nitrogen and oxygen atoms in total. The zero-order chi connectivity index (χ0) is 30.4. The number of carbonyl (C=O) groups excluding carboxylic acids is 4. The van der Waals surface area contributed by atoms with Gasteiger partial charge < -0.3 is 25.1 Å². The van der Waals surface area contributed by atoms with Crippen molar-refractivity contribution >= 4 is 45.8 Å². The van der Waals surface area contributed by atoms with Crippen LogP contribution in [0.2, 0.25) is 0 Å². The lowest BCUT2D eigenvalue weighted by molar-refractivity contribution is -0.124. The topological polar surface area (TPSA) is 164 Å². The molecule has 222 valence electrons. The van der Waals surface area contributed by atoms with Crippen molar-refractivity contribution in [1.29, 1.82) is 0 Å². The van der Waals surface area contributed by atoms with Crippen LogP contribution in [-0.2, 0) is 14.3 Å². The van der Waals surface area contributed by atoms with Gasteiger partial charge in [-0.1, -0.05) is 18.2 Å². The maximum absolute atomic E-state index is 13.0. The smallest absolute Gasteiger partial charge is 0.408 e. The van der Waals surface area contributed by atoms with E-state index >= 15 is 0 Å². The summed E-state index contributed by atoms with van der Waals surface area (Å²) >= 11 is 0. The number of unbranched alkanes of at least 4 members (excludes halogenated alkanes) is 1. The third-order valence-electron chi connectivity index (χ3n) is 5.80. The van der Waals surface area contributed by atoms with Crippen molar-refractivity contribution in [2.24, 2.45) is 0 Å². The lowest BCUT2D eigenvalue weighted by atomic mass is 10.1. The first kappa shape index (κ1) is 31.2. The van der Waals surface area contributed by atoms with Gasteiger partial charge in [0.2, 0.25) is 0 Å². The molecule has 0 bridgehead atoms. The fraction of sp³-hybridized carbons (Fsp3) is 0.483. The number of nitrogens with one attached hydrogen (secondary N) is 5. The Bertz CT molecular complexity index is 1420. The van der Waals surface area contributed by atoms with Crippen LogP contribution >= 0.6 is 0 Å². The van der Waals surface area contributed by atoms with Crippen LogP contribution in [0.25, 0.3) is 21.8 Å². The minimum Gasteiger partial charge on any atom is -0.444 e. The first-order valence-corrected chi connectivity index (χ1v) is 13.6. The molecule has 0 fully saturated rings. The molecule has 1 aromatic carbocycles. The van der Waals surface area contributed by atoms with Crippen LogP contribution in [0.4, 0.5) is 9.59 Å². The number of pyridine rings is 1. The molecule has 0 saturated carbocycles. The van der Waals surface area contributed by atoms with Crippen molar-refractivity contribution in [3.63, 3.8) is 0 Å². The number of carbonyl (C=O) groups is 4. The second-order valence-electron chi connectivity index (χ2n) is 11.8. The molecule has 4 amide bonds. The molecule has 41 heavy (non-hydrogen) atoms. The maximum Gasteiger partial charge on any atom is 0.408 e. The van der Waals surface area contributed by atoms with Gasteiger partial charge in [0.15, 0.2) is 0 Å². The Morgan fingerprint density at radius 3 is 2.24 bits per heavy atom. The van der Waals surface area contributed by atoms with Crippen LogP contribution in [-0.4, -0.2) is 57.8 Å². The van der Waals surface area contributed by atoms with Gasteiger partial charge >= 0.3 is 12.2 Å². The van der Waals surface area contributed by atoms with Crippen LogP contribution in [0.5, 0.6) is 0 Å². The lowest BCUT2D eigenvalue weighted by Crippen LogP contribution is -2.53. The number of hydrazine groups is 1. The Labute approximate surface area is 239 Å². The summed E-state index contributed by atoms with van der Waals surface area (Å²) in [5.41, 5.74) is 5.93. The second-order valence-corrected chi connectivity index (χ2v) is 11.8. The van der Waals surface area contributed by atoms with E-state index in [4.69, 9.17) is 9.47 Å². The van der Waals surface area contributed by atoms with Crippen molar-refractivity contribution in [2.75, 3.05) is 6.54 Å². The SMILES string of the molecule is Cc1nc(C(=O)NNC(=O)[C@H](CCCCNC(=O)OC(C)(C)C)NC(=O)OC(C)(C)C)cc2c1[nH]c1ccccc12. The normalized spacial score (nSPS) is 12.5. The van der Waals surface area contributed by atoms with E-state index in [9.17, 15) is 19.2 Å². The number of nitrogens with zero attached hydrogens (tertiary/aromatic N) is 1. The Balaban J connectivity index is 1.62.